The first-order valence-electron chi connectivity index (χ1n) is 6.20. The van der Waals surface area contributed by atoms with Gasteiger partial charge in [0, 0.05) is 13.2 Å². The van der Waals surface area contributed by atoms with Gasteiger partial charge in [0.05, 0.1) is 6.61 Å². The van der Waals surface area contributed by atoms with Crippen LogP contribution in [-0.2, 0) is 4.74 Å². The van der Waals surface area contributed by atoms with Crippen LogP contribution in [0.4, 0.5) is 0 Å². The fraction of sp³-hybridized carbons (Fsp3) is 1.00. The molecule has 0 spiro atoms. The minimum Gasteiger partial charge on any atom is -0.380 e. The molecule has 0 aromatic rings. The van der Waals surface area contributed by atoms with Gasteiger partial charge < -0.3 is 10.1 Å². The van der Waals surface area contributed by atoms with Crippen LogP contribution in [0.5, 0.6) is 0 Å². The van der Waals surface area contributed by atoms with Crippen LogP contribution in [0, 0.1) is 0 Å². The molecule has 2 nitrogen and oxygen atoms in total. The summed E-state index contributed by atoms with van der Waals surface area (Å²) in [7, 11) is 0. The Hall–Kier alpha value is -0.0800. The van der Waals surface area contributed by atoms with Crippen molar-refractivity contribution in [3.63, 3.8) is 0 Å². The molecule has 0 aromatic heterocycles. The van der Waals surface area contributed by atoms with Gasteiger partial charge in [0.25, 0.3) is 0 Å². The van der Waals surface area contributed by atoms with E-state index >= 15 is 0 Å². The first-order valence-corrected chi connectivity index (χ1v) is 6.20. The smallest absolute Gasteiger partial charge is 0.0590 e. The molecule has 86 valence electrons. The van der Waals surface area contributed by atoms with Gasteiger partial charge in [-0.15, -0.1) is 0 Å². The van der Waals surface area contributed by atoms with Crippen molar-refractivity contribution in [2.75, 3.05) is 26.3 Å². The molecule has 1 N–H and O–H groups in total. The van der Waals surface area contributed by atoms with Crippen LogP contribution in [0.25, 0.3) is 0 Å². The molecule has 1 aliphatic rings. The number of rotatable bonds is 4. The summed E-state index contributed by atoms with van der Waals surface area (Å²) >= 11 is 0. The van der Waals surface area contributed by atoms with Crippen LogP contribution in [0.15, 0.2) is 0 Å². The minimum atomic E-state index is 0.889. The van der Waals surface area contributed by atoms with Gasteiger partial charge in [-0.1, -0.05) is 46.0 Å². The van der Waals surface area contributed by atoms with E-state index in [2.05, 4.69) is 19.2 Å². The highest BCUT2D eigenvalue weighted by Gasteiger charge is 1.93. The molecule has 0 radical (unpaired) electrons. The molecule has 0 atom stereocenters. The lowest BCUT2D eigenvalue weighted by atomic mass is 10.2. The van der Waals surface area contributed by atoms with Crippen LogP contribution < -0.4 is 5.32 Å². The van der Waals surface area contributed by atoms with Gasteiger partial charge in [-0.2, -0.15) is 0 Å². The fourth-order valence-electron chi connectivity index (χ4n) is 1.35. The summed E-state index contributed by atoms with van der Waals surface area (Å²) in [6.45, 7) is 8.47. The minimum absolute atomic E-state index is 0.889. The molecule has 0 saturated carbocycles. The van der Waals surface area contributed by atoms with Crippen LogP contribution in [-0.4, -0.2) is 26.3 Å². The molecule has 1 aliphatic heterocycles. The maximum atomic E-state index is 5.13. The summed E-state index contributed by atoms with van der Waals surface area (Å²) in [6, 6.07) is 0. The Morgan fingerprint density at radius 2 is 1.64 bits per heavy atom. The second kappa shape index (κ2) is 12.9. The summed E-state index contributed by atoms with van der Waals surface area (Å²) in [5.74, 6) is 0. The van der Waals surface area contributed by atoms with Gasteiger partial charge in [0.15, 0.2) is 0 Å². The van der Waals surface area contributed by atoms with Gasteiger partial charge in [-0.3, -0.25) is 0 Å². The molecule has 1 heterocycles. The number of hydrogen-bond donors (Lipinski definition) is 1. The van der Waals surface area contributed by atoms with Gasteiger partial charge in [0.1, 0.15) is 0 Å². The van der Waals surface area contributed by atoms with Gasteiger partial charge in [-0.25, -0.2) is 0 Å². The molecule has 0 bridgehead atoms. The van der Waals surface area contributed by atoms with Crippen molar-refractivity contribution in [2.45, 2.75) is 52.4 Å². The largest absolute Gasteiger partial charge is 0.380 e. The van der Waals surface area contributed by atoms with Crippen molar-refractivity contribution in [1.29, 1.82) is 0 Å². The Morgan fingerprint density at radius 3 is 2.29 bits per heavy atom. The summed E-state index contributed by atoms with van der Waals surface area (Å²) in [6.07, 6.45) is 8.18. The zero-order chi connectivity index (χ0) is 10.5. The molecule has 0 amide bonds. The maximum Gasteiger partial charge on any atom is 0.0590 e. The predicted octanol–water partition coefficient (Wildman–Crippen LogP) is 2.97. The standard InChI is InChI=1S/C7H16.C5H11NO/c1-3-5-7-6-4-2;1-2-6-3-5-7-4-1/h3-7H2,1-2H3;6H,1-5H2. The van der Waals surface area contributed by atoms with Crippen LogP contribution in [0.3, 0.4) is 0 Å². The van der Waals surface area contributed by atoms with Crippen molar-refractivity contribution in [3.05, 3.63) is 0 Å². The molecule has 0 aromatic carbocycles. The second-order valence-corrected chi connectivity index (χ2v) is 3.78. The van der Waals surface area contributed by atoms with Crippen molar-refractivity contribution in [2.24, 2.45) is 0 Å². The quantitative estimate of drug-likeness (QED) is 0.706. The Labute approximate surface area is 89.4 Å². The molecule has 0 aliphatic carbocycles. The van der Waals surface area contributed by atoms with Crippen molar-refractivity contribution < 1.29 is 4.74 Å². The van der Waals surface area contributed by atoms with Crippen molar-refractivity contribution in [1.82, 2.24) is 5.32 Å². The highest BCUT2D eigenvalue weighted by Crippen LogP contribution is 2.00. The van der Waals surface area contributed by atoms with E-state index in [0.717, 1.165) is 26.3 Å². The van der Waals surface area contributed by atoms with Crippen LogP contribution >= 0.6 is 0 Å². The lowest BCUT2D eigenvalue weighted by molar-refractivity contribution is 0.151. The SMILES string of the molecule is C1CNCCOC1.CCCCCCC. The predicted molar refractivity (Wildman–Crippen MR) is 62.7 cm³/mol. The lowest BCUT2D eigenvalue weighted by Gasteiger charge is -1.91. The molecule has 0 unspecified atom stereocenters. The van der Waals surface area contributed by atoms with E-state index in [4.69, 9.17) is 4.74 Å². The first-order chi connectivity index (χ1) is 6.91. The summed E-state index contributed by atoms with van der Waals surface area (Å²) in [5, 5.41) is 3.22. The average molecular weight is 201 g/mol. The normalized spacial score (nSPS) is 16.7. The average Bonchev–Trinajstić information content (AvgIpc) is 2.51. The molecule has 14 heavy (non-hydrogen) atoms. The van der Waals surface area contributed by atoms with E-state index in [0.29, 0.717) is 0 Å². The van der Waals surface area contributed by atoms with E-state index in [1.165, 1.54) is 38.5 Å². The summed E-state index contributed by atoms with van der Waals surface area (Å²) < 4.78 is 5.13. The number of nitrogens with one attached hydrogen (secondary N) is 1. The Bertz CT molecular complexity index is 72.7. The van der Waals surface area contributed by atoms with E-state index < -0.39 is 0 Å². The summed E-state index contributed by atoms with van der Waals surface area (Å²) in [5.41, 5.74) is 0. The molecule has 1 fully saturated rings. The van der Waals surface area contributed by atoms with Gasteiger partial charge in [0.2, 0.25) is 0 Å². The fourth-order valence-corrected chi connectivity index (χ4v) is 1.35. The van der Waals surface area contributed by atoms with Crippen molar-refractivity contribution >= 4 is 0 Å². The third kappa shape index (κ3) is 11.9. The maximum absolute atomic E-state index is 5.13. The van der Waals surface area contributed by atoms with Gasteiger partial charge >= 0.3 is 0 Å². The molecular formula is C12H27NO. The van der Waals surface area contributed by atoms with E-state index in [9.17, 15) is 0 Å². The van der Waals surface area contributed by atoms with Gasteiger partial charge in [-0.05, 0) is 13.0 Å². The third-order valence-corrected chi connectivity index (χ3v) is 2.27. The van der Waals surface area contributed by atoms with Crippen LogP contribution in [0.2, 0.25) is 0 Å². The molecular weight excluding hydrogens is 174 g/mol. The zero-order valence-corrected chi connectivity index (χ0v) is 9.98. The number of ether oxygens (including phenoxy) is 1. The highest BCUT2D eigenvalue weighted by atomic mass is 16.5. The lowest BCUT2D eigenvalue weighted by Crippen LogP contribution is -2.15. The van der Waals surface area contributed by atoms with E-state index in [-0.39, 0.29) is 0 Å². The summed E-state index contributed by atoms with van der Waals surface area (Å²) in [4.78, 5) is 0. The van der Waals surface area contributed by atoms with E-state index in [1.54, 1.807) is 0 Å². The highest BCUT2D eigenvalue weighted by molar-refractivity contribution is 4.50. The zero-order valence-electron chi connectivity index (χ0n) is 9.98. The Kier molecular flexibility index (Phi) is 12.8. The molecule has 1 rings (SSSR count). The number of unbranched alkanes of at least 4 members (excludes halogenated alkanes) is 4. The molecule has 2 heteroatoms. The van der Waals surface area contributed by atoms with Crippen molar-refractivity contribution in [3.8, 4) is 0 Å². The Morgan fingerprint density at radius 1 is 0.929 bits per heavy atom. The van der Waals surface area contributed by atoms with E-state index in [1.807, 2.05) is 0 Å². The topological polar surface area (TPSA) is 21.3 Å². The first kappa shape index (κ1) is 13.9. The third-order valence-electron chi connectivity index (χ3n) is 2.27. The molecule has 1 saturated heterocycles. The van der Waals surface area contributed by atoms with Crippen LogP contribution in [0.1, 0.15) is 52.4 Å². The number of hydrogen-bond acceptors (Lipinski definition) is 2. The monoisotopic (exact) mass is 201 g/mol. The second-order valence-electron chi connectivity index (χ2n) is 3.78. The Balaban J connectivity index is 0.000000241.